The van der Waals surface area contributed by atoms with Gasteiger partial charge in [0.05, 0.1) is 5.75 Å². The van der Waals surface area contributed by atoms with Crippen LogP contribution in [0.25, 0.3) is 0 Å². The fourth-order valence-corrected chi connectivity index (χ4v) is 4.76. The summed E-state index contributed by atoms with van der Waals surface area (Å²) in [7, 11) is -3.13. The van der Waals surface area contributed by atoms with Gasteiger partial charge in [0.1, 0.15) is 0 Å². The van der Waals surface area contributed by atoms with Gasteiger partial charge in [-0.25, -0.2) is 12.7 Å². The lowest BCUT2D eigenvalue weighted by Crippen LogP contribution is -2.47. The van der Waals surface area contributed by atoms with Crippen molar-refractivity contribution in [3.05, 3.63) is 34.3 Å². The predicted molar refractivity (Wildman–Crippen MR) is 101 cm³/mol. The first-order valence-corrected chi connectivity index (χ1v) is 10.8. The van der Waals surface area contributed by atoms with Crippen LogP contribution in [0.3, 0.4) is 0 Å². The van der Waals surface area contributed by atoms with E-state index >= 15 is 0 Å². The Kier molecular flexibility index (Phi) is 7.28. The van der Waals surface area contributed by atoms with Gasteiger partial charge in [0.15, 0.2) is 0 Å². The Morgan fingerprint density at radius 2 is 2.00 bits per heavy atom. The SMILES string of the molecule is CCCS(=O)(=O)N1CCC(NC(=O)CCc2ccc(C)c(Cl)c2)CC1. The van der Waals surface area contributed by atoms with E-state index < -0.39 is 10.0 Å². The van der Waals surface area contributed by atoms with Gasteiger partial charge in [0.2, 0.25) is 15.9 Å². The van der Waals surface area contributed by atoms with E-state index in [4.69, 9.17) is 11.6 Å². The van der Waals surface area contributed by atoms with Crippen LogP contribution in [0, 0.1) is 6.92 Å². The third-order valence-electron chi connectivity index (χ3n) is 4.55. The molecule has 5 nitrogen and oxygen atoms in total. The van der Waals surface area contributed by atoms with Crippen LogP contribution in [-0.2, 0) is 21.2 Å². The fourth-order valence-electron chi connectivity index (χ4n) is 3.01. The first kappa shape index (κ1) is 20.2. The van der Waals surface area contributed by atoms with E-state index in [-0.39, 0.29) is 17.7 Å². The zero-order valence-corrected chi connectivity index (χ0v) is 16.5. The molecule has 25 heavy (non-hydrogen) atoms. The van der Waals surface area contributed by atoms with Crippen molar-refractivity contribution in [1.29, 1.82) is 0 Å². The summed E-state index contributed by atoms with van der Waals surface area (Å²) >= 11 is 6.10. The number of benzene rings is 1. The van der Waals surface area contributed by atoms with Gasteiger partial charge in [-0.15, -0.1) is 0 Å². The van der Waals surface area contributed by atoms with Crippen LogP contribution in [-0.4, -0.2) is 43.5 Å². The van der Waals surface area contributed by atoms with E-state index in [0.717, 1.165) is 16.1 Å². The van der Waals surface area contributed by atoms with Crippen molar-refractivity contribution in [3.63, 3.8) is 0 Å². The molecular formula is C18H27ClN2O3S. The van der Waals surface area contributed by atoms with Gasteiger partial charge in [0, 0.05) is 30.6 Å². The molecule has 1 heterocycles. The maximum Gasteiger partial charge on any atom is 0.220 e. The summed E-state index contributed by atoms with van der Waals surface area (Å²) in [6.07, 6.45) is 3.03. The van der Waals surface area contributed by atoms with Crippen molar-refractivity contribution in [3.8, 4) is 0 Å². The topological polar surface area (TPSA) is 66.5 Å². The highest BCUT2D eigenvalue weighted by Crippen LogP contribution is 2.18. The van der Waals surface area contributed by atoms with Crippen molar-refractivity contribution in [1.82, 2.24) is 9.62 Å². The molecular weight excluding hydrogens is 360 g/mol. The Hall–Kier alpha value is -1.11. The van der Waals surface area contributed by atoms with Gasteiger partial charge < -0.3 is 5.32 Å². The number of aryl methyl sites for hydroxylation is 2. The van der Waals surface area contributed by atoms with Gasteiger partial charge >= 0.3 is 0 Å². The zero-order chi connectivity index (χ0) is 18.4. The molecule has 0 aliphatic carbocycles. The molecule has 7 heteroatoms. The van der Waals surface area contributed by atoms with Crippen LogP contribution in [0.1, 0.15) is 43.7 Å². The van der Waals surface area contributed by atoms with Crippen LogP contribution in [0.5, 0.6) is 0 Å². The summed E-state index contributed by atoms with van der Waals surface area (Å²) in [6.45, 7) is 4.79. The van der Waals surface area contributed by atoms with Crippen LogP contribution in [0.15, 0.2) is 18.2 Å². The van der Waals surface area contributed by atoms with Crippen molar-refractivity contribution < 1.29 is 13.2 Å². The van der Waals surface area contributed by atoms with Crippen LogP contribution >= 0.6 is 11.6 Å². The Balaban J connectivity index is 1.76. The maximum absolute atomic E-state index is 12.1. The number of piperidine rings is 1. The second-order valence-electron chi connectivity index (χ2n) is 6.64. The van der Waals surface area contributed by atoms with Crippen molar-refractivity contribution >= 4 is 27.5 Å². The van der Waals surface area contributed by atoms with Gasteiger partial charge in [-0.05, 0) is 49.8 Å². The Morgan fingerprint density at radius 1 is 1.32 bits per heavy atom. The molecule has 0 atom stereocenters. The third kappa shape index (κ3) is 5.97. The molecule has 1 aromatic carbocycles. The van der Waals surface area contributed by atoms with Crippen LogP contribution in [0.4, 0.5) is 0 Å². The average Bonchev–Trinajstić information content (AvgIpc) is 2.56. The molecule has 0 radical (unpaired) electrons. The molecule has 2 rings (SSSR count). The molecule has 1 aromatic rings. The quantitative estimate of drug-likeness (QED) is 0.783. The summed E-state index contributed by atoms with van der Waals surface area (Å²) in [5.41, 5.74) is 2.07. The van der Waals surface area contributed by atoms with Crippen molar-refractivity contribution in [2.45, 2.75) is 52.0 Å². The summed E-state index contributed by atoms with van der Waals surface area (Å²) in [4.78, 5) is 12.1. The molecule has 1 saturated heterocycles. The molecule has 0 bridgehead atoms. The van der Waals surface area contributed by atoms with Crippen LogP contribution in [0.2, 0.25) is 5.02 Å². The molecule has 1 aliphatic rings. The Bertz CT molecular complexity index is 698. The summed E-state index contributed by atoms with van der Waals surface area (Å²) < 4.78 is 25.7. The Labute approximate surface area is 155 Å². The smallest absolute Gasteiger partial charge is 0.220 e. The van der Waals surface area contributed by atoms with Gasteiger partial charge in [-0.1, -0.05) is 30.7 Å². The van der Waals surface area contributed by atoms with Gasteiger partial charge in [-0.3, -0.25) is 4.79 Å². The highest BCUT2D eigenvalue weighted by atomic mass is 35.5. The number of carbonyl (C=O) groups is 1. The van der Waals surface area contributed by atoms with Crippen molar-refractivity contribution in [2.24, 2.45) is 0 Å². The number of nitrogens with one attached hydrogen (secondary N) is 1. The molecule has 1 N–H and O–H groups in total. The second-order valence-corrected chi connectivity index (χ2v) is 9.14. The average molecular weight is 387 g/mol. The second kappa shape index (κ2) is 9.01. The van der Waals surface area contributed by atoms with Crippen LogP contribution < -0.4 is 5.32 Å². The summed E-state index contributed by atoms with van der Waals surface area (Å²) in [6, 6.07) is 5.91. The maximum atomic E-state index is 12.1. The van der Waals surface area contributed by atoms with E-state index in [0.29, 0.717) is 45.2 Å². The molecule has 1 aliphatic heterocycles. The van der Waals surface area contributed by atoms with E-state index in [9.17, 15) is 13.2 Å². The number of hydrogen-bond acceptors (Lipinski definition) is 3. The largest absolute Gasteiger partial charge is 0.353 e. The lowest BCUT2D eigenvalue weighted by molar-refractivity contribution is -0.122. The Morgan fingerprint density at radius 3 is 2.60 bits per heavy atom. The minimum Gasteiger partial charge on any atom is -0.353 e. The monoisotopic (exact) mass is 386 g/mol. The summed E-state index contributed by atoms with van der Waals surface area (Å²) in [5, 5.41) is 3.75. The lowest BCUT2D eigenvalue weighted by atomic mass is 10.0. The van der Waals surface area contributed by atoms with Gasteiger partial charge in [0.25, 0.3) is 0 Å². The first-order chi connectivity index (χ1) is 11.8. The predicted octanol–water partition coefficient (Wildman–Crippen LogP) is 2.90. The molecule has 0 saturated carbocycles. The number of sulfonamides is 1. The van der Waals surface area contributed by atoms with E-state index in [1.165, 1.54) is 0 Å². The number of nitrogens with zero attached hydrogens (tertiary/aromatic N) is 1. The number of halogens is 1. The number of hydrogen-bond donors (Lipinski definition) is 1. The standard InChI is InChI=1S/C18H27ClN2O3S/c1-3-12-25(23,24)21-10-8-16(9-11-21)20-18(22)7-6-15-5-4-14(2)17(19)13-15/h4-5,13,16H,3,6-12H2,1-2H3,(H,20,22). The van der Waals surface area contributed by atoms with Gasteiger partial charge in [-0.2, -0.15) is 0 Å². The normalized spacial score (nSPS) is 16.8. The minimum atomic E-state index is -3.13. The molecule has 1 fully saturated rings. The minimum absolute atomic E-state index is 0.00608. The lowest BCUT2D eigenvalue weighted by Gasteiger charge is -2.31. The molecule has 0 aromatic heterocycles. The molecule has 0 spiro atoms. The van der Waals surface area contributed by atoms with Crippen molar-refractivity contribution in [2.75, 3.05) is 18.8 Å². The third-order valence-corrected chi connectivity index (χ3v) is 7.03. The highest BCUT2D eigenvalue weighted by molar-refractivity contribution is 7.89. The summed E-state index contributed by atoms with van der Waals surface area (Å²) in [5.74, 6) is 0.204. The van der Waals surface area contributed by atoms with E-state index in [2.05, 4.69) is 5.32 Å². The fraction of sp³-hybridized carbons (Fsp3) is 0.611. The number of rotatable bonds is 7. The zero-order valence-electron chi connectivity index (χ0n) is 14.9. The molecule has 0 unspecified atom stereocenters. The molecule has 1 amide bonds. The molecule has 140 valence electrons. The number of amides is 1. The first-order valence-electron chi connectivity index (χ1n) is 8.84. The van der Waals surface area contributed by atoms with E-state index in [1.54, 1.807) is 4.31 Å². The highest BCUT2D eigenvalue weighted by Gasteiger charge is 2.27. The van der Waals surface area contributed by atoms with E-state index in [1.807, 2.05) is 32.0 Å². The number of carbonyl (C=O) groups excluding carboxylic acids is 1.